The van der Waals surface area contributed by atoms with Crippen LogP contribution in [0.5, 0.6) is 11.5 Å². The molecule has 11 nitrogen and oxygen atoms in total. The molecule has 3 saturated heterocycles. The van der Waals surface area contributed by atoms with Gasteiger partial charge in [-0.2, -0.15) is 0 Å². The van der Waals surface area contributed by atoms with Gasteiger partial charge in [-0.3, -0.25) is 0 Å². The molecular formula is C54H56O11. The highest BCUT2D eigenvalue weighted by Gasteiger charge is 2.56. The van der Waals surface area contributed by atoms with Crippen LogP contribution >= 0.6 is 0 Å². The van der Waals surface area contributed by atoms with Gasteiger partial charge in [-0.05, 0) is 53.4 Å². The molecule has 0 amide bonds. The molecule has 9 rings (SSSR count). The lowest BCUT2D eigenvalue weighted by molar-refractivity contribution is -0.393. The van der Waals surface area contributed by atoms with Crippen molar-refractivity contribution in [2.24, 2.45) is 0 Å². The van der Waals surface area contributed by atoms with Crippen LogP contribution < -0.4 is 9.47 Å². The number of rotatable bonds is 18. The van der Waals surface area contributed by atoms with Gasteiger partial charge < -0.3 is 52.1 Å². The van der Waals surface area contributed by atoms with E-state index in [-0.39, 0.29) is 19.8 Å². The summed E-state index contributed by atoms with van der Waals surface area (Å²) >= 11 is 0. The van der Waals surface area contributed by atoms with Crippen LogP contribution in [-0.2, 0) is 69.1 Å². The number of hydrogen-bond donors (Lipinski definition) is 0. The molecule has 0 N–H and O–H groups in total. The minimum atomic E-state index is -0.999. The van der Waals surface area contributed by atoms with Gasteiger partial charge in [0.25, 0.3) is 0 Å². The molecule has 3 heterocycles. The highest BCUT2D eigenvalue weighted by Crippen LogP contribution is 2.40. The summed E-state index contributed by atoms with van der Waals surface area (Å²) in [4.78, 5) is 0. The minimum absolute atomic E-state index is 0.200. The van der Waals surface area contributed by atoms with E-state index in [0.29, 0.717) is 24.7 Å². The second kappa shape index (κ2) is 22.2. The van der Waals surface area contributed by atoms with E-state index < -0.39 is 67.7 Å². The van der Waals surface area contributed by atoms with Crippen molar-refractivity contribution >= 4 is 0 Å². The molecule has 0 saturated carbocycles. The zero-order valence-electron chi connectivity index (χ0n) is 36.6. The molecule has 0 aliphatic carbocycles. The van der Waals surface area contributed by atoms with Crippen molar-refractivity contribution < 1.29 is 52.1 Å². The fourth-order valence-corrected chi connectivity index (χ4v) is 8.44. The molecule has 11 atom stereocenters. The summed E-state index contributed by atoms with van der Waals surface area (Å²) in [6, 6.07) is 57.3. The second-order valence-electron chi connectivity index (χ2n) is 16.4. The maximum Gasteiger partial charge on any atom is 0.229 e. The van der Waals surface area contributed by atoms with Crippen molar-refractivity contribution in [1.29, 1.82) is 0 Å². The van der Waals surface area contributed by atoms with Crippen LogP contribution in [0, 0.1) is 0 Å². The van der Waals surface area contributed by atoms with E-state index in [1.807, 2.05) is 183 Å². The summed E-state index contributed by atoms with van der Waals surface area (Å²) in [6.45, 7) is 3.34. The molecule has 65 heavy (non-hydrogen) atoms. The van der Waals surface area contributed by atoms with Crippen molar-refractivity contribution in [3.05, 3.63) is 204 Å². The average Bonchev–Trinajstić information content (AvgIpc) is 3.36. The van der Waals surface area contributed by atoms with Gasteiger partial charge in [0.15, 0.2) is 12.6 Å². The average molecular weight is 881 g/mol. The predicted molar refractivity (Wildman–Crippen MR) is 242 cm³/mol. The topological polar surface area (TPSA) is 102 Å². The lowest BCUT2D eigenvalue weighted by Gasteiger charge is -2.51. The zero-order valence-corrected chi connectivity index (χ0v) is 36.6. The lowest BCUT2D eigenvalue weighted by Crippen LogP contribution is -2.67. The zero-order chi connectivity index (χ0) is 44.2. The summed E-state index contributed by atoms with van der Waals surface area (Å²) in [7, 11) is 1.63. The Bertz CT molecular complexity index is 2290. The first-order valence-electron chi connectivity index (χ1n) is 22.3. The van der Waals surface area contributed by atoms with E-state index in [2.05, 4.69) is 0 Å². The van der Waals surface area contributed by atoms with Crippen LogP contribution in [0.2, 0.25) is 0 Å². The molecule has 0 bridgehead atoms. The maximum atomic E-state index is 7.39. The van der Waals surface area contributed by atoms with Crippen molar-refractivity contribution in [1.82, 2.24) is 0 Å². The molecule has 0 radical (unpaired) electrons. The van der Waals surface area contributed by atoms with E-state index in [9.17, 15) is 0 Å². The van der Waals surface area contributed by atoms with E-state index in [1.54, 1.807) is 7.11 Å². The number of hydrogen-bond acceptors (Lipinski definition) is 11. The Balaban J connectivity index is 1.09. The molecule has 11 heteroatoms. The van der Waals surface area contributed by atoms with Crippen molar-refractivity contribution in [3.8, 4) is 11.5 Å². The van der Waals surface area contributed by atoms with Gasteiger partial charge in [0, 0.05) is 5.56 Å². The molecule has 3 aliphatic heterocycles. The molecular weight excluding hydrogens is 825 g/mol. The van der Waals surface area contributed by atoms with Crippen molar-refractivity contribution in [2.45, 2.75) is 101 Å². The van der Waals surface area contributed by atoms with Crippen molar-refractivity contribution in [3.63, 3.8) is 0 Å². The first kappa shape index (κ1) is 44.7. The van der Waals surface area contributed by atoms with Crippen LogP contribution in [-0.4, -0.2) is 75.1 Å². The summed E-state index contributed by atoms with van der Waals surface area (Å²) in [5, 5.41) is 0. The Hall–Kier alpha value is -5.44. The van der Waals surface area contributed by atoms with Crippen LogP contribution in [0.15, 0.2) is 176 Å². The quantitative estimate of drug-likeness (QED) is 0.0826. The smallest absolute Gasteiger partial charge is 0.229 e. The van der Waals surface area contributed by atoms with E-state index in [4.69, 9.17) is 52.1 Å². The summed E-state index contributed by atoms with van der Waals surface area (Å²) in [5.41, 5.74) is 4.85. The molecule has 0 aromatic heterocycles. The highest BCUT2D eigenvalue weighted by molar-refractivity contribution is 5.31. The molecule has 3 aliphatic rings. The molecule has 338 valence electrons. The Morgan fingerprint density at radius 2 is 0.892 bits per heavy atom. The molecule has 6 aromatic carbocycles. The highest BCUT2D eigenvalue weighted by atomic mass is 16.8. The normalized spacial score (nSPS) is 27.6. The first-order valence-corrected chi connectivity index (χ1v) is 22.3. The van der Waals surface area contributed by atoms with Crippen molar-refractivity contribution in [2.75, 3.05) is 13.7 Å². The standard InChI is InChI=1S/C54H56O11/c1-37-46(56-32-38-18-8-3-9-19-38)48(57-33-39-20-10-4-11-21-39)50(58-34-40-22-12-5-13-23-40)53(61-37)65-49-47-45(36-60-52(64-47)42-26-16-7-17-27-42)63-54(62-44-30-28-43(55-2)29-31-44)51(49)59-35-41-24-14-6-15-25-41/h3-31,37,45-54H,32-36H2,1-2H3/t37-,45-,46-,47+,48+,49+,50+,51-,52+,53?,54-/m1/s1. The first-order chi connectivity index (χ1) is 32.1. The Morgan fingerprint density at radius 1 is 0.446 bits per heavy atom. The van der Waals surface area contributed by atoms with Crippen LogP contribution in [0.4, 0.5) is 0 Å². The Kier molecular flexibility index (Phi) is 15.3. The fraction of sp³-hybridized carbons (Fsp3) is 0.333. The van der Waals surface area contributed by atoms with Crippen LogP contribution in [0.1, 0.15) is 41.0 Å². The van der Waals surface area contributed by atoms with Crippen LogP contribution in [0.3, 0.4) is 0 Å². The minimum Gasteiger partial charge on any atom is -0.497 e. The van der Waals surface area contributed by atoms with Gasteiger partial charge in [-0.1, -0.05) is 152 Å². The molecule has 6 aromatic rings. The predicted octanol–water partition coefficient (Wildman–Crippen LogP) is 9.38. The van der Waals surface area contributed by atoms with E-state index in [0.717, 1.165) is 27.8 Å². The second-order valence-corrected chi connectivity index (χ2v) is 16.4. The molecule has 1 unspecified atom stereocenters. The van der Waals surface area contributed by atoms with Crippen LogP contribution in [0.25, 0.3) is 0 Å². The number of methoxy groups -OCH3 is 1. The number of ether oxygens (including phenoxy) is 11. The summed E-state index contributed by atoms with van der Waals surface area (Å²) < 4.78 is 74.1. The van der Waals surface area contributed by atoms with E-state index >= 15 is 0 Å². The van der Waals surface area contributed by atoms with Gasteiger partial charge in [0.2, 0.25) is 6.29 Å². The Morgan fingerprint density at radius 3 is 1.40 bits per heavy atom. The SMILES string of the molecule is COc1ccc(O[C@@H]2O[C@@H]3CO[C@H](c4ccccc4)O[C@@H]3[C@H](OC3O[C@H](C)[C@@H](OCc4ccccc4)[C@H](OCc4ccccc4)[C@@H]3OCc3ccccc3)[C@H]2OCc2ccccc2)cc1. The van der Waals surface area contributed by atoms with Gasteiger partial charge in [-0.25, -0.2) is 0 Å². The number of fused-ring (bicyclic) bond motifs is 1. The summed E-state index contributed by atoms with van der Waals surface area (Å²) in [6.07, 6.45) is -8.14. The number of benzene rings is 6. The van der Waals surface area contributed by atoms with Gasteiger partial charge in [-0.15, -0.1) is 0 Å². The van der Waals surface area contributed by atoms with Gasteiger partial charge in [0.05, 0.1) is 46.2 Å². The third-order valence-electron chi connectivity index (χ3n) is 11.8. The molecule has 3 fully saturated rings. The monoisotopic (exact) mass is 880 g/mol. The molecule has 0 spiro atoms. The van der Waals surface area contributed by atoms with Gasteiger partial charge >= 0.3 is 0 Å². The Labute approximate surface area is 381 Å². The maximum absolute atomic E-state index is 7.39. The fourth-order valence-electron chi connectivity index (χ4n) is 8.44. The van der Waals surface area contributed by atoms with Gasteiger partial charge in [0.1, 0.15) is 54.2 Å². The summed E-state index contributed by atoms with van der Waals surface area (Å²) in [5.74, 6) is 1.25. The lowest BCUT2D eigenvalue weighted by atomic mass is 9.95. The van der Waals surface area contributed by atoms with E-state index in [1.165, 1.54) is 0 Å². The third kappa shape index (κ3) is 11.5. The largest absolute Gasteiger partial charge is 0.497 e. The third-order valence-corrected chi connectivity index (χ3v) is 11.8.